The number of ether oxygens (including phenoxy) is 1. The van der Waals surface area contributed by atoms with Crippen LogP contribution in [0.3, 0.4) is 0 Å². The molecule has 0 heterocycles. The lowest BCUT2D eigenvalue weighted by Crippen LogP contribution is -2.40. The topological polar surface area (TPSA) is 45.7 Å². The molecule has 0 unspecified atom stereocenters. The van der Waals surface area contributed by atoms with E-state index in [2.05, 4.69) is 29.5 Å². The van der Waals surface area contributed by atoms with E-state index in [0.717, 1.165) is 32.3 Å². The van der Waals surface area contributed by atoms with Crippen LogP contribution in [-0.2, 0) is 4.74 Å². The van der Waals surface area contributed by atoms with Gasteiger partial charge in [-0.05, 0) is 38.0 Å². The molecular weight excluding hydrogens is 377 g/mol. The van der Waals surface area contributed by atoms with Gasteiger partial charge in [0, 0.05) is 33.4 Å². The predicted octanol–water partition coefficient (Wildman–Crippen LogP) is 3.56. The summed E-state index contributed by atoms with van der Waals surface area (Å²) in [5.41, 5.74) is 0.467. The van der Waals surface area contributed by atoms with Crippen LogP contribution >= 0.6 is 24.0 Å². The van der Waals surface area contributed by atoms with Gasteiger partial charge in [0.05, 0.1) is 0 Å². The van der Waals surface area contributed by atoms with Crippen molar-refractivity contribution in [3.8, 4) is 0 Å². The van der Waals surface area contributed by atoms with Gasteiger partial charge < -0.3 is 15.4 Å². The third-order valence-corrected chi connectivity index (χ3v) is 4.12. The second-order valence-corrected chi connectivity index (χ2v) is 5.86. The number of nitrogens with zero attached hydrogens (tertiary/aromatic N) is 1. The first-order chi connectivity index (χ1) is 9.76. The normalized spacial score (nSPS) is 16.2. The number of guanidine groups is 1. The van der Waals surface area contributed by atoms with E-state index in [1.54, 1.807) is 0 Å². The van der Waals surface area contributed by atoms with Crippen molar-refractivity contribution < 1.29 is 4.74 Å². The molecule has 1 fully saturated rings. The predicted molar refractivity (Wildman–Crippen MR) is 102 cm³/mol. The lowest BCUT2D eigenvalue weighted by molar-refractivity contribution is 0.128. The molecule has 2 N–H and O–H groups in total. The molecule has 126 valence electrons. The van der Waals surface area contributed by atoms with Gasteiger partial charge in [-0.25, -0.2) is 0 Å². The summed E-state index contributed by atoms with van der Waals surface area (Å²) >= 11 is 0. The van der Waals surface area contributed by atoms with Crippen molar-refractivity contribution in [2.24, 2.45) is 10.4 Å². The zero-order chi connectivity index (χ0) is 14.7. The third kappa shape index (κ3) is 9.55. The van der Waals surface area contributed by atoms with Crippen molar-refractivity contribution in [1.29, 1.82) is 0 Å². The Kier molecular flexibility index (Phi) is 12.5. The molecule has 21 heavy (non-hydrogen) atoms. The number of unbranched alkanes of at least 4 members (excludes halogenated alkanes) is 3. The third-order valence-electron chi connectivity index (χ3n) is 4.12. The van der Waals surface area contributed by atoms with E-state index in [1.165, 1.54) is 44.9 Å². The largest absolute Gasteiger partial charge is 0.382 e. The zero-order valence-electron chi connectivity index (χ0n) is 14.0. The average molecular weight is 411 g/mol. The Labute approximate surface area is 147 Å². The molecule has 0 aromatic heterocycles. The fraction of sp³-hybridized carbons (Fsp3) is 0.938. The summed E-state index contributed by atoms with van der Waals surface area (Å²) in [7, 11) is 1.85. The van der Waals surface area contributed by atoms with Crippen LogP contribution in [0.5, 0.6) is 0 Å². The summed E-state index contributed by atoms with van der Waals surface area (Å²) in [5.74, 6) is 0.948. The molecule has 5 heteroatoms. The fourth-order valence-corrected chi connectivity index (χ4v) is 2.38. The van der Waals surface area contributed by atoms with Gasteiger partial charge in [-0.3, -0.25) is 4.99 Å². The fourth-order valence-electron chi connectivity index (χ4n) is 2.38. The summed E-state index contributed by atoms with van der Waals surface area (Å²) in [4.78, 5) is 4.30. The van der Waals surface area contributed by atoms with Crippen molar-refractivity contribution in [2.75, 3.05) is 33.4 Å². The molecule has 0 atom stereocenters. The second-order valence-electron chi connectivity index (χ2n) is 5.86. The average Bonchev–Trinajstić information content (AvgIpc) is 3.23. The van der Waals surface area contributed by atoms with Crippen molar-refractivity contribution in [2.45, 2.75) is 58.8 Å². The van der Waals surface area contributed by atoms with Crippen LogP contribution in [0, 0.1) is 5.41 Å². The van der Waals surface area contributed by atoms with E-state index in [9.17, 15) is 0 Å². The van der Waals surface area contributed by atoms with E-state index in [-0.39, 0.29) is 24.0 Å². The van der Waals surface area contributed by atoms with Crippen LogP contribution in [0.2, 0.25) is 0 Å². The van der Waals surface area contributed by atoms with Gasteiger partial charge in [-0.2, -0.15) is 0 Å². The summed E-state index contributed by atoms with van der Waals surface area (Å²) < 4.78 is 5.47. The maximum Gasteiger partial charge on any atom is 0.190 e. The summed E-state index contributed by atoms with van der Waals surface area (Å²) in [5, 5.41) is 6.88. The van der Waals surface area contributed by atoms with E-state index in [1.807, 2.05) is 7.05 Å². The van der Waals surface area contributed by atoms with Crippen LogP contribution in [0.4, 0.5) is 0 Å². The molecule has 1 aliphatic carbocycles. The second kappa shape index (κ2) is 12.5. The van der Waals surface area contributed by atoms with E-state index >= 15 is 0 Å². The Morgan fingerprint density at radius 3 is 2.48 bits per heavy atom. The lowest BCUT2D eigenvalue weighted by Gasteiger charge is -2.18. The number of halogens is 1. The van der Waals surface area contributed by atoms with Crippen LogP contribution in [0.15, 0.2) is 4.99 Å². The maximum atomic E-state index is 5.47. The van der Waals surface area contributed by atoms with Gasteiger partial charge in [-0.15, -0.1) is 24.0 Å². The van der Waals surface area contributed by atoms with Gasteiger partial charge in [0.25, 0.3) is 0 Å². The highest BCUT2D eigenvalue weighted by atomic mass is 127. The van der Waals surface area contributed by atoms with E-state index < -0.39 is 0 Å². The van der Waals surface area contributed by atoms with Crippen molar-refractivity contribution in [3.05, 3.63) is 0 Å². The highest BCUT2D eigenvalue weighted by Gasteiger charge is 2.41. The highest BCUT2D eigenvalue weighted by Crippen LogP contribution is 2.48. The van der Waals surface area contributed by atoms with Crippen LogP contribution in [-0.4, -0.2) is 39.3 Å². The number of nitrogens with one attached hydrogen (secondary N) is 2. The van der Waals surface area contributed by atoms with Gasteiger partial charge in [0.2, 0.25) is 0 Å². The maximum absolute atomic E-state index is 5.47. The van der Waals surface area contributed by atoms with Crippen molar-refractivity contribution >= 4 is 29.9 Å². The number of aliphatic imine (C=N–C) groups is 1. The SMILES string of the molecule is CCCCCCNC(=NC)NCC1(CCOCC)CC1.I. The Morgan fingerprint density at radius 2 is 1.90 bits per heavy atom. The van der Waals surface area contributed by atoms with Crippen LogP contribution < -0.4 is 10.6 Å². The van der Waals surface area contributed by atoms with Crippen LogP contribution in [0.1, 0.15) is 58.8 Å². The summed E-state index contributed by atoms with van der Waals surface area (Å²) in [6, 6.07) is 0. The van der Waals surface area contributed by atoms with Gasteiger partial charge in [-0.1, -0.05) is 26.2 Å². The first kappa shape index (κ1) is 21.0. The molecule has 0 saturated heterocycles. The smallest absolute Gasteiger partial charge is 0.190 e. The van der Waals surface area contributed by atoms with Gasteiger partial charge in [0.1, 0.15) is 0 Å². The Morgan fingerprint density at radius 1 is 1.14 bits per heavy atom. The summed E-state index contributed by atoms with van der Waals surface area (Å²) in [6.07, 6.45) is 8.95. The van der Waals surface area contributed by atoms with Crippen molar-refractivity contribution in [1.82, 2.24) is 10.6 Å². The monoisotopic (exact) mass is 411 g/mol. The minimum absolute atomic E-state index is 0. The molecule has 0 aliphatic heterocycles. The molecule has 0 aromatic carbocycles. The quantitative estimate of drug-likeness (QED) is 0.237. The molecule has 0 spiro atoms. The molecule has 1 saturated carbocycles. The molecule has 0 bridgehead atoms. The van der Waals surface area contributed by atoms with Crippen molar-refractivity contribution in [3.63, 3.8) is 0 Å². The zero-order valence-corrected chi connectivity index (χ0v) is 16.4. The molecule has 1 aliphatic rings. The Hall–Kier alpha value is -0.0400. The number of hydrogen-bond donors (Lipinski definition) is 2. The number of hydrogen-bond acceptors (Lipinski definition) is 2. The Bertz CT molecular complexity index is 281. The molecular formula is C16H34IN3O. The first-order valence-electron chi connectivity index (χ1n) is 8.28. The highest BCUT2D eigenvalue weighted by molar-refractivity contribution is 14.0. The Balaban J connectivity index is 0.00000400. The molecule has 0 radical (unpaired) electrons. The van der Waals surface area contributed by atoms with E-state index in [4.69, 9.17) is 4.74 Å². The summed E-state index contributed by atoms with van der Waals surface area (Å²) in [6.45, 7) is 8.05. The van der Waals surface area contributed by atoms with E-state index in [0.29, 0.717) is 5.41 Å². The van der Waals surface area contributed by atoms with Crippen LogP contribution in [0.25, 0.3) is 0 Å². The molecule has 1 rings (SSSR count). The minimum atomic E-state index is 0. The minimum Gasteiger partial charge on any atom is -0.382 e. The number of rotatable bonds is 11. The lowest BCUT2D eigenvalue weighted by atomic mass is 10.0. The van der Waals surface area contributed by atoms with Gasteiger partial charge in [0.15, 0.2) is 5.96 Å². The molecule has 0 aromatic rings. The molecule has 4 nitrogen and oxygen atoms in total. The molecule has 0 amide bonds. The first-order valence-corrected chi connectivity index (χ1v) is 8.28. The standard InChI is InChI=1S/C16H33N3O.HI/c1-4-6-7-8-12-18-15(17-3)19-14-16(9-10-16)11-13-20-5-2;/h4-14H2,1-3H3,(H2,17,18,19);1H. The van der Waals surface area contributed by atoms with Gasteiger partial charge >= 0.3 is 0 Å².